The van der Waals surface area contributed by atoms with E-state index in [9.17, 15) is 0 Å². The maximum atomic E-state index is 8.59. The number of morpholine rings is 1. The quantitative estimate of drug-likeness (QED) is 0.489. The summed E-state index contributed by atoms with van der Waals surface area (Å²) >= 11 is 4.13. The average molecular weight is 195 g/mol. The molecule has 0 N–H and O–H groups in total. The number of rotatable bonds is 1. The van der Waals surface area contributed by atoms with Crippen LogP contribution in [0.5, 0.6) is 0 Å². The van der Waals surface area contributed by atoms with Crippen molar-refractivity contribution in [1.82, 2.24) is 4.90 Å². The number of hydrogen-bond acceptors (Lipinski definition) is 5. The molecule has 0 aromatic rings. The van der Waals surface area contributed by atoms with Crippen LogP contribution in [-0.2, 0) is 4.74 Å². The van der Waals surface area contributed by atoms with Crippen LogP contribution >= 0.6 is 12.6 Å². The van der Waals surface area contributed by atoms with Crippen LogP contribution in [0.4, 0.5) is 0 Å². The van der Waals surface area contributed by atoms with Crippen LogP contribution in [-0.4, -0.2) is 31.2 Å². The molecule has 0 saturated carbocycles. The SMILES string of the molecule is N#CC(C#N)=C(S)N1CCOCC1. The van der Waals surface area contributed by atoms with Crippen LogP contribution in [0.2, 0.25) is 0 Å². The van der Waals surface area contributed by atoms with Gasteiger partial charge < -0.3 is 9.64 Å². The smallest absolute Gasteiger partial charge is 0.159 e. The molecule has 4 nitrogen and oxygen atoms in total. The highest BCUT2D eigenvalue weighted by molar-refractivity contribution is 7.84. The van der Waals surface area contributed by atoms with Gasteiger partial charge in [0, 0.05) is 13.1 Å². The van der Waals surface area contributed by atoms with Crippen molar-refractivity contribution >= 4 is 12.6 Å². The summed E-state index contributed by atoms with van der Waals surface area (Å²) in [6, 6.07) is 3.62. The van der Waals surface area contributed by atoms with Crippen molar-refractivity contribution in [2.45, 2.75) is 0 Å². The van der Waals surface area contributed by atoms with E-state index in [1.54, 1.807) is 0 Å². The van der Waals surface area contributed by atoms with Gasteiger partial charge in [-0.15, -0.1) is 12.6 Å². The zero-order valence-electron chi connectivity index (χ0n) is 7.03. The molecule has 1 saturated heterocycles. The number of allylic oxidation sites excluding steroid dienone is 1. The first kappa shape index (κ1) is 9.91. The standard InChI is InChI=1S/C8H9N3OS/c9-5-7(6-10)8(13)11-1-3-12-4-2-11/h13H,1-4H2. The molecule has 0 aliphatic carbocycles. The van der Waals surface area contributed by atoms with Crippen molar-refractivity contribution in [2.75, 3.05) is 26.3 Å². The summed E-state index contributed by atoms with van der Waals surface area (Å²) in [5, 5.41) is 17.6. The lowest BCUT2D eigenvalue weighted by Crippen LogP contribution is -2.34. The van der Waals surface area contributed by atoms with Crippen molar-refractivity contribution in [3.63, 3.8) is 0 Å². The largest absolute Gasteiger partial charge is 0.378 e. The molecule has 0 aromatic heterocycles. The lowest BCUT2D eigenvalue weighted by atomic mass is 10.3. The van der Waals surface area contributed by atoms with Crippen LogP contribution in [0.3, 0.4) is 0 Å². The van der Waals surface area contributed by atoms with Gasteiger partial charge in [-0.2, -0.15) is 10.5 Å². The predicted molar refractivity (Wildman–Crippen MR) is 49.6 cm³/mol. The number of thiol groups is 1. The molecular weight excluding hydrogens is 186 g/mol. The third kappa shape index (κ3) is 2.38. The number of ether oxygens (including phenoxy) is 1. The van der Waals surface area contributed by atoms with Gasteiger partial charge in [0.15, 0.2) is 5.57 Å². The first-order valence-corrected chi connectivity index (χ1v) is 4.30. The molecule has 1 aliphatic rings. The fourth-order valence-electron chi connectivity index (χ4n) is 1.06. The minimum absolute atomic E-state index is 0.0604. The Morgan fingerprint density at radius 1 is 1.23 bits per heavy atom. The fourth-order valence-corrected chi connectivity index (χ4v) is 1.36. The van der Waals surface area contributed by atoms with Crippen LogP contribution in [0, 0.1) is 22.7 Å². The second-order valence-corrected chi connectivity index (χ2v) is 2.95. The lowest BCUT2D eigenvalue weighted by molar-refractivity contribution is 0.0576. The molecule has 0 radical (unpaired) electrons. The normalized spacial score (nSPS) is 15.8. The van der Waals surface area contributed by atoms with E-state index in [4.69, 9.17) is 15.3 Å². The van der Waals surface area contributed by atoms with Crippen LogP contribution < -0.4 is 0 Å². The highest BCUT2D eigenvalue weighted by Gasteiger charge is 2.14. The number of nitriles is 2. The van der Waals surface area contributed by atoms with E-state index in [0.29, 0.717) is 31.3 Å². The molecule has 68 valence electrons. The van der Waals surface area contributed by atoms with Crippen molar-refractivity contribution in [2.24, 2.45) is 0 Å². The lowest BCUT2D eigenvalue weighted by Gasteiger charge is -2.28. The van der Waals surface area contributed by atoms with Gasteiger partial charge in [-0.1, -0.05) is 0 Å². The Bertz CT molecular complexity index is 277. The minimum atomic E-state index is 0.0604. The van der Waals surface area contributed by atoms with E-state index in [0.717, 1.165) is 0 Å². The summed E-state index contributed by atoms with van der Waals surface area (Å²) in [7, 11) is 0. The molecule has 5 heteroatoms. The fraction of sp³-hybridized carbons (Fsp3) is 0.500. The topological polar surface area (TPSA) is 60.0 Å². The zero-order valence-corrected chi connectivity index (χ0v) is 7.92. The van der Waals surface area contributed by atoms with Crippen LogP contribution in [0.15, 0.2) is 10.6 Å². The van der Waals surface area contributed by atoms with Crippen molar-refractivity contribution in [1.29, 1.82) is 10.5 Å². The molecule has 1 rings (SSSR count). The molecule has 0 unspecified atom stereocenters. The Hall–Kier alpha value is -1.17. The summed E-state index contributed by atoms with van der Waals surface area (Å²) in [5.74, 6) is 0. The molecule has 1 aliphatic heterocycles. The highest BCUT2D eigenvalue weighted by Crippen LogP contribution is 2.15. The van der Waals surface area contributed by atoms with Crippen LogP contribution in [0.1, 0.15) is 0 Å². The number of nitrogens with zero attached hydrogens (tertiary/aromatic N) is 3. The molecule has 0 amide bonds. The minimum Gasteiger partial charge on any atom is -0.378 e. The molecule has 0 spiro atoms. The first-order valence-electron chi connectivity index (χ1n) is 3.85. The van der Waals surface area contributed by atoms with Crippen molar-refractivity contribution in [3.05, 3.63) is 10.6 Å². The average Bonchev–Trinajstić information content (AvgIpc) is 2.21. The van der Waals surface area contributed by atoms with Gasteiger partial charge in [-0.3, -0.25) is 0 Å². The summed E-state index contributed by atoms with van der Waals surface area (Å²) in [5.41, 5.74) is 0.0604. The Kier molecular flexibility index (Phi) is 3.63. The van der Waals surface area contributed by atoms with Gasteiger partial charge in [-0.25, -0.2) is 0 Å². The summed E-state index contributed by atoms with van der Waals surface area (Å²) in [6.07, 6.45) is 0. The monoisotopic (exact) mass is 195 g/mol. The van der Waals surface area contributed by atoms with Gasteiger partial charge in [0.1, 0.15) is 12.1 Å². The Labute approximate surface area is 82.4 Å². The summed E-state index contributed by atoms with van der Waals surface area (Å²) in [6.45, 7) is 2.61. The maximum Gasteiger partial charge on any atom is 0.159 e. The molecule has 13 heavy (non-hydrogen) atoms. The maximum absolute atomic E-state index is 8.59. The summed E-state index contributed by atoms with van der Waals surface area (Å²) < 4.78 is 5.13. The van der Waals surface area contributed by atoms with Gasteiger partial charge in [0.05, 0.1) is 18.2 Å². The van der Waals surface area contributed by atoms with E-state index in [-0.39, 0.29) is 5.57 Å². The Morgan fingerprint density at radius 2 is 1.77 bits per heavy atom. The van der Waals surface area contributed by atoms with E-state index in [1.165, 1.54) is 0 Å². The van der Waals surface area contributed by atoms with E-state index in [2.05, 4.69) is 12.6 Å². The summed E-state index contributed by atoms with van der Waals surface area (Å²) in [4.78, 5) is 1.87. The Morgan fingerprint density at radius 3 is 2.23 bits per heavy atom. The van der Waals surface area contributed by atoms with Crippen LogP contribution in [0.25, 0.3) is 0 Å². The van der Waals surface area contributed by atoms with Gasteiger partial charge in [-0.05, 0) is 0 Å². The second-order valence-electron chi connectivity index (χ2n) is 2.52. The second kappa shape index (κ2) is 4.76. The molecule has 0 aromatic carbocycles. The molecular formula is C8H9N3OS. The number of hydrogen-bond donors (Lipinski definition) is 1. The highest BCUT2D eigenvalue weighted by atomic mass is 32.1. The predicted octanol–water partition coefficient (Wildman–Crippen LogP) is 0.507. The van der Waals surface area contributed by atoms with Crippen molar-refractivity contribution in [3.8, 4) is 12.1 Å². The third-order valence-corrected chi connectivity index (χ3v) is 2.26. The van der Waals surface area contributed by atoms with Gasteiger partial charge in [0.2, 0.25) is 0 Å². The Balaban J connectivity index is 2.76. The molecule has 1 heterocycles. The van der Waals surface area contributed by atoms with Gasteiger partial charge >= 0.3 is 0 Å². The van der Waals surface area contributed by atoms with E-state index in [1.807, 2.05) is 17.0 Å². The zero-order chi connectivity index (χ0) is 9.68. The van der Waals surface area contributed by atoms with E-state index >= 15 is 0 Å². The van der Waals surface area contributed by atoms with Crippen molar-refractivity contribution < 1.29 is 4.74 Å². The molecule has 0 bridgehead atoms. The molecule has 0 atom stereocenters. The van der Waals surface area contributed by atoms with E-state index < -0.39 is 0 Å². The first-order chi connectivity index (χ1) is 6.29. The molecule has 1 fully saturated rings. The van der Waals surface area contributed by atoms with Gasteiger partial charge in [0.25, 0.3) is 0 Å². The third-order valence-electron chi connectivity index (χ3n) is 1.76.